The number of unbranched alkanes of at least 4 members (excludes halogenated alkanes) is 2. The summed E-state index contributed by atoms with van der Waals surface area (Å²) in [4.78, 5) is 0. The maximum absolute atomic E-state index is 8.50. The largest absolute Gasteiger partial charge is 0.395 e. The molecule has 0 fully saturated rings. The lowest BCUT2D eigenvalue weighted by Gasteiger charge is -1.77. The topological polar surface area (TPSA) is 40.5 Å². The van der Waals surface area contributed by atoms with Gasteiger partial charge in [-0.05, 0) is 35.5 Å². The van der Waals surface area contributed by atoms with Gasteiger partial charge in [0.25, 0.3) is 0 Å². The van der Waals surface area contributed by atoms with Crippen molar-refractivity contribution in [3.63, 3.8) is 0 Å². The number of aliphatic hydroxyl groups excluding tert-OH is 2. The quantitative estimate of drug-likeness (QED) is 0.606. The molecule has 0 aromatic rings. The fourth-order valence-corrected chi connectivity index (χ4v) is 1.00. The Morgan fingerprint density at radius 3 is 0.818 bits per heavy atom. The lowest BCUT2D eigenvalue weighted by molar-refractivity contribution is 0.304. The second-order valence-corrected chi connectivity index (χ2v) is 3.76. The molecule has 0 bridgehead atoms. The Hall–Kier alpha value is -2.72. The molecule has 0 aliphatic rings. The van der Waals surface area contributed by atoms with E-state index in [-0.39, 0.29) is 13.2 Å². The van der Waals surface area contributed by atoms with Crippen molar-refractivity contribution < 1.29 is 10.2 Å². The number of rotatable bonds is 4. The first-order chi connectivity index (χ1) is 10.9. The van der Waals surface area contributed by atoms with Gasteiger partial charge >= 0.3 is 0 Å². The van der Waals surface area contributed by atoms with Gasteiger partial charge < -0.3 is 10.2 Å². The standard InChI is InChI=1S/C20H18O2/c21-19-17-15-13-11-9-7-5-3-1-2-4-6-8-10-12-14-16-18-20-22/h21-22H,5-8,17-20H2. The van der Waals surface area contributed by atoms with Gasteiger partial charge in [0.15, 0.2) is 0 Å². The molecule has 110 valence electrons. The highest BCUT2D eigenvalue weighted by molar-refractivity contribution is 5.29. The van der Waals surface area contributed by atoms with E-state index >= 15 is 0 Å². The summed E-state index contributed by atoms with van der Waals surface area (Å²) in [6, 6.07) is 0. The third-order valence-electron chi connectivity index (χ3n) is 1.94. The zero-order valence-electron chi connectivity index (χ0n) is 12.6. The molecule has 0 saturated carbocycles. The maximum atomic E-state index is 8.50. The SMILES string of the molecule is OCCC#CC#CCCC#CC#CCCC#CC#CCCO. The van der Waals surface area contributed by atoms with Gasteiger partial charge in [-0.2, -0.15) is 0 Å². The minimum Gasteiger partial charge on any atom is -0.395 e. The monoisotopic (exact) mass is 290 g/mol. The van der Waals surface area contributed by atoms with Crippen molar-refractivity contribution in [3.8, 4) is 71.0 Å². The lowest BCUT2D eigenvalue weighted by atomic mass is 10.3. The summed E-state index contributed by atoms with van der Waals surface area (Å²) in [7, 11) is 0. The van der Waals surface area contributed by atoms with Crippen LogP contribution in [0.25, 0.3) is 0 Å². The van der Waals surface area contributed by atoms with Crippen molar-refractivity contribution in [1.29, 1.82) is 0 Å². The summed E-state index contributed by atoms with van der Waals surface area (Å²) in [5.74, 6) is 33.3. The Balaban J connectivity index is 3.73. The smallest absolute Gasteiger partial charge is 0.0540 e. The summed E-state index contributed by atoms with van der Waals surface area (Å²) in [5, 5.41) is 17.0. The molecule has 22 heavy (non-hydrogen) atoms. The van der Waals surface area contributed by atoms with Gasteiger partial charge in [0, 0.05) is 38.5 Å². The van der Waals surface area contributed by atoms with Crippen LogP contribution in [0.5, 0.6) is 0 Å². The average molecular weight is 290 g/mol. The minimum atomic E-state index is 0.0710. The van der Waals surface area contributed by atoms with Crippen LogP contribution in [0, 0.1) is 71.0 Å². The van der Waals surface area contributed by atoms with E-state index in [2.05, 4.69) is 71.0 Å². The third kappa shape index (κ3) is 17.3. The van der Waals surface area contributed by atoms with Crippen molar-refractivity contribution in [3.05, 3.63) is 0 Å². The van der Waals surface area contributed by atoms with Gasteiger partial charge in [0.05, 0.1) is 13.2 Å². The summed E-state index contributed by atoms with van der Waals surface area (Å²) in [6.45, 7) is 0.142. The van der Waals surface area contributed by atoms with Crippen molar-refractivity contribution in [2.24, 2.45) is 0 Å². The van der Waals surface area contributed by atoms with E-state index in [1.807, 2.05) is 0 Å². The highest BCUT2D eigenvalue weighted by Gasteiger charge is 1.74. The Morgan fingerprint density at radius 2 is 0.591 bits per heavy atom. The molecular formula is C20H18O2. The predicted molar refractivity (Wildman–Crippen MR) is 88.5 cm³/mol. The van der Waals surface area contributed by atoms with Crippen molar-refractivity contribution in [2.75, 3.05) is 13.2 Å². The molecule has 0 aromatic heterocycles. The van der Waals surface area contributed by atoms with E-state index in [1.54, 1.807) is 0 Å². The van der Waals surface area contributed by atoms with Gasteiger partial charge in [0.1, 0.15) is 0 Å². The van der Waals surface area contributed by atoms with E-state index < -0.39 is 0 Å². The summed E-state index contributed by atoms with van der Waals surface area (Å²) < 4.78 is 0. The minimum absolute atomic E-state index is 0.0710. The van der Waals surface area contributed by atoms with Crippen LogP contribution in [-0.2, 0) is 0 Å². The molecule has 0 unspecified atom stereocenters. The number of hydrogen-bond donors (Lipinski definition) is 2. The molecule has 0 amide bonds. The zero-order valence-corrected chi connectivity index (χ0v) is 12.6. The fourth-order valence-electron chi connectivity index (χ4n) is 1.00. The molecule has 2 nitrogen and oxygen atoms in total. The fraction of sp³-hybridized carbons (Fsp3) is 0.400. The molecule has 2 heteroatoms. The van der Waals surface area contributed by atoms with Crippen LogP contribution in [0.15, 0.2) is 0 Å². The van der Waals surface area contributed by atoms with Gasteiger partial charge in [0.2, 0.25) is 0 Å². The summed E-state index contributed by atoms with van der Waals surface area (Å²) in [6.07, 6.45) is 3.60. The predicted octanol–water partition coefficient (Wildman–Crippen LogP) is 1.33. The molecule has 0 aliphatic heterocycles. The zero-order chi connectivity index (χ0) is 16.1. The number of aliphatic hydroxyl groups is 2. The normalized spacial score (nSPS) is 6.82. The summed E-state index contributed by atoms with van der Waals surface area (Å²) >= 11 is 0. The van der Waals surface area contributed by atoms with Crippen molar-refractivity contribution in [2.45, 2.75) is 38.5 Å². The Kier molecular flexibility index (Phi) is 16.0. The lowest BCUT2D eigenvalue weighted by Crippen LogP contribution is -1.74. The van der Waals surface area contributed by atoms with E-state index in [1.165, 1.54) is 0 Å². The van der Waals surface area contributed by atoms with Crippen LogP contribution < -0.4 is 0 Å². The molecule has 2 N–H and O–H groups in total. The van der Waals surface area contributed by atoms with E-state index in [9.17, 15) is 0 Å². The van der Waals surface area contributed by atoms with E-state index in [0.29, 0.717) is 38.5 Å². The highest BCUT2D eigenvalue weighted by Crippen LogP contribution is 1.84. The van der Waals surface area contributed by atoms with Crippen LogP contribution in [0.4, 0.5) is 0 Å². The maximum Gasteiger partial charge on any atom is 0.0540 e. The molecule has 0 radical (unpaired) electrons. The second kappa shape index (κ2) is 18.3. The van der Waals surface area contributed by atoms with Crippen LogP contribution in [0.1, 0.15) is 38.5 Å². The second-order valence-electron chi connectivity index (χ2n) is 3.76. The van der Waals surface area contributed by atoms with Gasteiger partial charge in [-0.25, -0.2) is 0 Å². The first-order valence-electron chi connectivity index (χ1n) is 7.00. The van der Waals surface area contributed by atoms with E-state index in [4.69, 9.17) is 10.2 Å². The van der Waals surface area contributed by atoms with Gasteiger partial charge in [-0.1, -0.05) is 35.5 Å². The third-order valence-corrected chi connectivity index (χ3v) is 1.94. The molecule has 0 atom stereocenters. The first-order valence-corrected chi connectivity index (χ1v) is 7.00. The first kappa shape index (κ1) is 19.3. The van der Waals surface area contributed by atoms with Gasteiger partial charge in [-0.3, -0.25) is 0 Å². The molecule has 0 spiro atoms. The van der Waals surface area contributed by atoms with Gasteiger partial charge in [-0.15, -0.1) is 0 Å². The van der Waals surface area contributed by atoms with Crippen molar-refractivity contribution in [1.82, 2.24) is 0 Å². The summed E-state index contributed by atoms with van der Waals surface area (Å²) in [5.41, 5.74) is 0. The number of hydrogen-bond acceptors (Lipinski definition) is 2. The Morgan fingerprint density at radius 1 is 0.364 bits per heavy atom. The molecule has 0 rings (SSSR count). The molecule has 0 aromatic carbocycles. The molecule has 0 heterocycles. The Bertz CT molecular complexity index is 600. The van der Waals surface area contributed by atoms with Crippen LogP contribution in [0.3, 0.4) is 0 Å². The van der Waals surface area contributed by atoms with E-state index in [0.717, 1.165) is 0 Å². The Labute approximate surface area is 133 Å². The van der Waals surface area contributed by atoms with Crippen LogP contribution in [-0.4, -0.2) is 23.4 Å². The molecule has 0 saturated heterocycles. The molecule has 0 aliphatic carbocycles. The molecular weight excluding hydrogens is 272 g/mol. The van der Waals surface area contributed by atoms with Crippen LogP contribution >= 0.6 is 0 Å². The van der Waals surface area contributed by atoms with Crippen molar-refractivity contribution >= 4 is 0 Å². The highest BCUT2D eigenvalue weighted by atomic mass is 16.3. The average Bonchev–Trinajstić information content (AvgIpc) is 2.54. The van der Waals surface area contributed by atoms with Crippen LogP contribution in [0.2, 0.25) is 0 Å².